The molecule has 0 bridgehead atoms. The molecule has 0 saturated carbocycles. The number of nitrogens with one attached hydrogen (secondary N) is 3. The minimum absolute atomic E-state index is 0.161. The molecule has 2 aromatic rings. The Kier molecular flexibility index (Phi) is 5.09. The van der Waals surface area contributed by atoms with Crippen LogP contribution in [0.1, 0.15) is 18.5 Å². The number of aromatic hydroxyl groups is 1. The van der Waals surface area contributed by atoms with Crippen LogP contribution in [0.5, 0.6) is 11.5 Å². The van der Waals surface area contributed by atoms with Crippen molar-refractivity contribution < 1.29 is 14.6 Å². The summed E-state index contributed by atoms with van der Waals surface area (Å²) in [6, 6.07) is 13.4. The molecule has 134 valence electrons. The van der Waals surface area contributed by atoms with Gasteiger partial charge < -0.3 is 25.8 Å². The van der Waals surface area contributed by atoms with Gasteiger partial charge in [0.15, 0.2) is 5.11 Å². The average Bonchev–Trinajstić information content (AvgIpc) is 2.61. The van der Waals surface area contributed by atoms with Crippen LogP contribution in [-0.4, -0.2) is 23.2 Å². The van der Waals surface area contributed by atoms with Crippen LogP contribution >= 0.6 is 12.2 Å². The van der Waals surface area contributed by atoms with E-state index in [0.29, 0.717) is 27.8 Å². The van der Waals surface area contributed by atoms with Gasteiger partial charge in [-0.1, -0.05) is 18.2 Å². The molecule has 7 heteroatoms. The number of carbonyl (C=O) groups excluding carboxylic acids is 1. The molecule has 2 aromatic carbocycles. The van der Waals surface area contributed by atoms with Crippen LogP contribution in [0.4, 0.5) is 5.69 Å². The molecule has 3 rings (SSSR count). The van der Waals surface area contributed by atoms with Gasteiger partial charge in [-0.15, -0.1) is 0 Å². The quantitative estimate of drug-likeness (QED) is 0.621. The molecule has 1 aliphatic heterocycles. The molecule has 6 nitrogen and oxygen atoms in total. The number of anilines is 1. The van der Waals surface area contributed by atoms with Crippen molar-refractivity contribution >= 4 is 28.9 Å². The number of carbonyl (C=O) groups is 1. The lowest BCUT2D eigenvalue weighted by Crippen LogP contribution is -2.45. The van der Waals surface area contributed by atoms with Crippen molar-refractivity contribution in [1.29, 1.82) is 0 Å². The number of thiocarbonyl (C=S) groups is 1. The van der Waals surface area contributed by atoms with Gasteiger partial charge in [-0.2, -0.15) is 0 Å². The summed E-state index contributed by atoms with van der Waals surface area (Å²) in [6.07, 6.45) is 0. The molecule has 0 radical (unpaired) electrons. The Bertz CT molecular complexity index is 878. The van der Waals surface area contributed by atoms with Gasteiger partial charge in [-0.05, 0) is 49.0 Å². The van der Waals surface area contributed by atoms with Crippen molar-refractivity contribution in [3.05, 3.63) is 65.4 Å². The molecule has 0 aliphatic carbocycles. The van der Waals surface area contributed by atoms with Crippen molar-refractivity contribution in [1.82, 2.24) is 10.6 Å². The SMILES string of the molecule is COc1cccc(NC(=O)C2=C(C)NC(=S)NC2c2ccc(O)cc2)c1. The number of allylic oxidation sites excluding steroid dienone is 1. The standard InChI is InChI=1S/C19H19N3O3S/c1-11-16(18(24)21-13-4-3-5-15(10-13)25-2)17(22-19(26)20-11)12-6-8-14(23)9-7-12/h3-10,17,23H,1-2H3,(H,21,24)(H2,20,22,26). The monoisotopic (exact) mass is 369 g/mol. The highest BCUT2D eigenvalue weighted by Crippen LogP contribution is 2.29. The predicted octanol–water partition coefficient (Wildman–Crippen LogP) is 2.83. The number of hydrogen-bond acceptors (Lipinski definition) is 4. The van der Waals surface area contributed by atoms with E-state index in [9.17, 15) is 9.90 Å². The summed E-state index contributed by atoms with van der Waals surface area (Å²) in [5.74, 6) is 0.564. The first-order valence-electron chi connectivity index (χ1n) is 8.00. The van der Waals surface area contributed by atoms with E-state index in [1.807, 2.05) is 6.07 Å². The maximum Gasteiger partial charge on any atom is 0.255 e. The summed E-state index contributed by atoms with van der Waals surface area (Å²) in [5, 5.41) is 19.0. The number of phenolic OH excluding ortho intramolecular Hbond substituents is 1. The molecule has 1 amide bonds. The summed E-state index contributed by atoms with van der Waals surface area (Å²) in [5.41, 5.74) is 2.65. The number of phenols is 1. The van der Waals surface area contributed by atoms with Crippen molar-refractivity contribution in [3.8, 4) is 11.5 Å². The van der Waals surface area contributed by atoms with Gasteiger partial charge in [0.25, 0.3) is 5.91 Å². The highest BCUT2D eigenvalue weighted by molar-refractivity contribution is 7.80. The zero-order chi connectivity index (χ0) is 18.7. The van der Waals surface area contributed by atoms with Crippen LogP contribution in [0.2, 0.25) is 0 Å². The Morgan fingerprint density at radius 3 is 2.65 bits per heavy atom. The zero-order valence-corrected chi connectivity index (χ0v) is 15.2. The van der Waals surface area contributed by atoms with Gasteiger partial charge in [0.05, 0.1) is 18.7 Å². The molecule has 1 atom stereocenters. The maximum absolute atomic E-state index is 13.0. The Hall–Kier alpha value is -3.06. The Morgan fingerprint density at radius 2 is 1.96 bits per heavy atom. The zero-order valence-electron chi connectivity index (χ0n) is 14.4. The average molecular weight is 369 g/mol. The molecular weight excluding hydrogens is 350 g/mol. The van der Waals surface area contributed by atoms with Crippen LogP contribution < -0.4 is 20.7 Å². The minimum atomic E-state index is -0.421. The molecule has 0 fully saturated rings. The second-order valence-electron chi connectivity index (χ2n) is 5.85. The molecule has 26 heavy (non-hydrogen) atoms. The van der Waals surface area contributed by atoms with E-state index in [0.717, 1.165) is 5.56 Å². The highest BCUT2D eigenvalue weighted by Gasteiger charge is 2.29. The summed E-state index contributed by atoms with van der Waals surface area (Å²) in [4.78, 5) is 13.0. The Morgan fingerprint density at radius 1 is 1.23 bits per heavy atom. The molecule has 0 spiro atoms. The van der Waals surface area contributed by atoms with E-state index in [2.05, 4.69) is 16.0 Å². The number of benzene rings is 2. The van der Waals surface area contributed by atoms with E-state index < -0.39 is 6.04 Å². The third kappa shape index (κ3) is 3.78. The molecule has 4 N–H and O–H groups in total. The summed E-state index contributed by atoms with van der Waals surface area (Å²) < 4.78 is 5.19. The summed E-state index contributed by atoms with van der Waals surface area (Å²) in [6.45, 7) is 1.81. The molecular formula is C19H19N3O3S. The van der Waals surface area contributed by atoms with E-state index in [4.69, 9.17) is 17.0 Å². The number of rotatable bonds is 4. The molecule has 0 aromatic heterocycles. The highest BCUT2D eigenvalue weighted by atomic mass is 32.1. The second-order valence-corrected chi connectivity index (χ2v) is 6.26. The maximum atomic E-state index is 13.0. The lowest BCUT2D eigenvalue weighted by atomic mass is 9.95. The topological polar surface area (TPSA) is 82.6 Å². The number of ether oxygens (including phenoxy) is 1. The van der Waals surface area contributed by atoms with Gasteiger partial charge in [-0.25, -0.2) is 0 Å². The van der Waals surface area contributed by atoms with E-state index in [-0.39, 0.29) is 11.7 Å². The first kappa shape index (κ1) is 17.8. The smallest absolute Gasteiger partial charge is 0.255 e. The lowest BCUT2D eigenvalue weighted by molar-refractivity contribution is -0.113. The first-order chi connectivity index (χ1) is 12.5. The first-order valence-corrected chi connectivity index (χ1v) is 8.41. The Labute approximate surface area is 156 Å². The van der Waals surface area contributed by atoms with Gasteiger partial charge >= 0.3 is 0 Å². The van der Waals surface area contributed by atoms with Crippen molar-refractivity contribution in [3.63, 3.8) is 0 Å². The third-order valence-corrected chi connectivity index (χ3v) is 4.29. The van der Waals surface area contributed by atoms with Crippen LogP contribution in [0.3, 0.4) is 0 Å². The third-order valence-electron chi connectivity index (χ3n) is 4.07. The fourth-order valence-corrected chi connectivity index (χ4v) is 3.08. The number of methoxy groups -OCH3 is 1. The predicted molar refractivity (Wildman–Crippen MR) is 104 cm³/mol. The number of hydrogen-bond donors (Lipinski definition) is 4. The van der Waals surface area contributed by atoms with Crippen molar-refractivity contribution in [2.45, 2.75) is 13.0 Å². The van der Waals surface area contributed by atoms with Crippen molar-refractivity contribution in [2.24, 2.45) is 0 Å². The van der Waals surface area contributed by atoms with Crippen LogP contribution in [0.25, 0.3) is 0 Å². The van der Waals surface area contributed by atoms with E-state index in [1.165, 1.54) is 0 Å². The van der Waals surface area contributed by atoms with Gasteiger partial charge in [0, 0.05) is 17.5 Å². The fraction of sp³-hybridized carbons (Fsp3) is 0.158. The van der Waals surface area contributed by atoms with Gasteiger partial charge in [0.1, 0.15) is 11.5 Å². The van der Waals surface area contributed by atoms with Crippen LogP contribution in [-0.2, 0) is 4.79 Å². The van der Waals surface area contributed by atoms with E-state index >= 15 is 0 Å². The largest absolute Gasteiger partial charge is 0.508 e. The van der Waals surface area contributed by atoms with Crippen LogP contribution in [0.15, 0.2) is 59.8 Å². The second kappa shape index (κ2) is 7.45. The van der Waals surface area contributed by atoms with Gasteiger partial charge in [0.2, 0.25) is 0 Å². The minimum Gasteiger partial charge on any atom is -0.508 e. The molecule has 1 heterocycles. The molecule has 1 aliphatic rings. The van der Waals surface area contributed by atoms with E-state index in [1.54, 1.807) is 56.5 Å². The lowest BCUT2D eigenvalue weighted by Gasteiger charge is -2.30. The number of amides is 1. The summed E-state index contributed by atoms with van der Waals surface area (Å²) in [7, 11) is 1.57. The van der Waals surface area contributed by atoms with Crippen LogP contribution in [0, 0.1) is 0 Å². The van der Waals surface area contributed by atoms with Gasteiger partial charge in [-0.3, -0.25) is 4.79 Å². The molecule has 1 unspecified atom stereocenters. The molecule has 0 saturated heterocycles. The normalized spacial score (nSPS) is 16.5. The van der Waals surface area contributed by atoms with Crippen molar-refractivity contribution in [2.75, 3.05) is 12.4 Å². The Balaban J connectivity index is 1.92. The fourth-order valence-electron chi connectivity index (χ4n) is 2.81. The summed E-state index contributed by atoms with van der Waals surface area (Å²) >= 11 is 5.23.